The van der Waals surface area contributed by atoms with Gasteiger partial charge in [-0.3, -0.25) is 0 Å². The van der Waals surface area contributed by atoms with E-state index in [9.17, 15) is 25.9 Å². The normalized spacial score (nSPS) is 11.6. The second kappa shape index (κ2) is 34.3. The van der Waals surface area contributed by atoms with E-state index in [0.29, 0.717) is 12.0 Å². The zero-order valence-electron chi connectivity index (χ0n) is 35.7. The molecule has 0 saturated carbocycles. The van der Waals surface area contributed by atoms with E-state index in [1.165, 1.54) is 166 Å². The molecule has 0 aliphatic heterocycles. The van der Waals surface area contributed by atoms with E-state index in [1.54, 1.807) is 30.3 Å². The zero-order chi connectivity index (χ0) is 39.9. The molecular weight excluding hydrogens is 726 g/mol. The number of unbranched alkanes of at least 4 members (excludes halogenated alkanes) is 22. The molecule has 0 bridgehead atoms. The Labute approximate surface area is 356 Å². The molecule has 0 amide bonds. The van der Waals surface area contributed by atoms with Crippen molar-refractivity contribution < 1.29 is 60.0 Å². The Morgan fingerprint density at radius 1 is 0.481 bits per heavy atom. The van der Waals surface area contributed by atoms with Crippen LogP contribution in [0, 0.1) is 6.92 Å². The average Bonchev–Trinajstić information content (AvgIpc) is 3.09. The maximum atomic E-state index is 11.2. The van der Waals surface area contributed by atoms with Crippen LogP contribution in [0.5, 0.6) is 0 Å². The Morgan fingerprint density at radius 3 is 1.19 bits per heavy atom. The molecule has 0 saturated heterocycles. The topological polar surface area (TPSA) is 114 Å². The van der Waals surface area contributed by atoms with E-state index in [4.69, 9.17) is 0 Å². The summed E-state index contributed by atoms with van der Waals surface area (Å²) in [6.07, 6.45) is 33.5. The van der Waals surface area contributed by atoms with Crippen LogP contribution in [-0.4, -0.2) is 58.1 Å². The number of hydrogen-bond donors (Lipinski definition) is 0. The molecule has 0 aromatic heterocycles. The van der Waals surface area contributed by atoms with Gasteiger partial charge < -0.3 is 13.6 Å². The molecule has 0 heterocycles. The van der Waals surface area contributed by atoms with Gasteiger partial charge in [0, 0.05) is 0 Å². The first-order chi connectivity index (χ1) is 25.1. The van der Waals surface area contributed by atoms with Crippen molar-refractivity contribution in [3.05, 3.63) is 59.7 Å². The first kappa shape index (κ1) is 55.3. The Morgan fingerprint density at radius 2 is 0.833 bits per heavy atom. The summed E-state index contributed by atoms with van der Waals surface area (Å²) in [7, 11) is -1.73. The molecule has 7 nitrogen and oxygen atoms in total. The fourth-order valence-corrected chi connectivity index (χ4v) is 7.45. The Balaban J connectivity index is 0. The van der Waals surface area contributed by atoms with Gasteiger partial charge in [-0.2, -0.15) is 0 Å². The molecule has 0 aliphatic carbocycles. The number of aryl methyl sites for hydroxylation is 2. The zero-order valence-corrected chi connectivity index (χ0v) is 39.3. The van der Waals surface area contributed by atoms with Gasteiger partial charge in [0.1, 0.15) is 20.2 Å². The predicted octanol–water partition coefficient (Wildman–Crippen LogP) is 9.13. The SMILES string of the molecule is CCCCCCCCCCCCCCCC[N+](C)(C)C.CCCCCCCCCCCCc1ccccc1S(=O)(=O)[O-].Cc1ccc(S(=O)(=O)[O-])cc1.[Na+]. The van der Waals surface area contributed by atoms with Gasteiger partial charge in [0.2, 0.25) is 0 Å². The maximum absolute atomic E-state index is 11.2. The monoisotopic (exact) mass is 804 g/mol. The number of rotatable bonds is 28. The van der Waals surface area contributed by atoms with E-state index < -0.39 is 20.2 Å². The first-order valence-electron chi connectivity index (χ1n) is 21.0. The minimum absolute atomic E-state index is 0. The van der Waals surface area contributed by atoms with Crippen LogP contribution >= 0.6 is 0 Å². The van der Waals surface area contributed by atoms with Crippen molar-refractivity contribution in [2.24, 2.45) is 0 Å². The van der Waals surface area contributed by atoms with Crippen LogP contribution in [0.2, 0.25) is 0 Å². The summed E-state index contributed by atoms with van der Waals surface area (Å²) < 4.78 is 65.8. The Kier molecular flexibility index (Phi) is 35.1. The van der Waals surface area contributed by atoms with Gasteiger partial charge in [-0.25, -0.2) is 16.8 Å². The van der Waals surface area contributed by atoms with Crippen molar-refractivity contribution in [1.82, 2.24) is 0 Å². The summed E-state index contributed by atoms with van der Waals surface area (Å²) in [6.45, 7) is 7.68. The number of hydrogen-bond acceptors (Lipinski definition) is 6. The van der Waals surface area contributed by atoms with Gasteiger partial charge in [0.25, 0.3) is 0 Å². The molecule has 0 aliphatic rings. The first-order valence-corrected chi connectivity index (χ1v) is 23.8. The van der Waals surface area contributed by atoms with Crippen molar-refractivity contribution in [3.8, 4) is 0 Å². The van der Waals surface area contributed by atoms with Gasteiger partial charge in [-0.05, 0) is 56.4 Å². The van der Waals surface area contributed by atoms with E-state index >= 15 is 0 Å². The molecule has 0 atom stereocenters. The number of nitrogens with zero attached hydrogens (tertiary/aromatic N) is 1. The smallest absolute Gasteiger partial charge is 0.744 e. The van der Waals surface area contributed by atoms with Crippen LogP contribution < -0.4 is 29.6 Å². The predicted molar refractivity (Wildman–Crippen MR) is 222 cm³/mol. The molecule has 0 unspecified atom stereocenters. The Bertz CT molecular complexity index is 1360. The third-order valence-electron chi connectivity index (χ3n) is 9.53. The van der Waals surface area contributed by atoms with E-state index in [-0.39, 0.29) is 39.3 Å². The fourth-order valence-electron chi connectivity index (χ4n) is 6.24. The average molecular weight is 804 g/mol. The van der Waals surface area contributed by atoms with Crippen LogP contribution in [0.1, 0.15) is 179 Å². The van der Waals surface area contributed by atoms with Gasteiger partial charge in [-0.1, -0.05) is 185 Å². The fraction of sp³-hybridized carbons (Fsp3) is 0.727. The van der Waals surface area contributed by atoms with Crippen LogP contribution in [0.3, 0.4) is 0 Å². The molecule has 308 valence electrons. The summed E-state index contributed by atoms with van der Waals surface area (Å²) in [5, 5.41) is 0. The molecular formula is C44H78NNaO6S2. The number of benzene rings is 2. The van der Waals surface area contributed by atoms with Crippen molar-refractivity contribution in [3.63, 3.8) is 0 Å². The third kappa shape index (κ3) is 34.5. The maximum Gasteiger partial charge on any atom is 1.00 e. The van der Waals surface area contributed by atoms with E-state index in [2.05, 4.69) is 35.0 Å². The summed E-state index contributed by atoms with van der Waals surface area (Å²) in [5.74, 6) is 0. The van der Waals surface area contributed by atoms with Crippen LogP contribution in [-0.2, 0) is 26.7 Å². The minimum atomic E-state index is -4.35. The van der Waals surface area contributed by atoms with E-state index in [0.717, 1.165) is 22.9 Å². The van der Waals surface area contributed by atoms with E-state index in [1.807, 2.05) is 6.92 Å². The van der Waals surface area contributed by atoms with Gasteiger partial charge in [0.05, 0.1) is 37.5 Å². The molecule has 0 radical (unpaired) electrons. The van der Waals surface area contributed by atoms with Gasteiger partial charge in [0.15, 0.2) is 0 Å². The molecule has 2 aromatic rings. The minimum Gasteiger partial charge on any atom is -0.744 e. The molecule has 0 fully saturated rings. The summed E-state index contributed by atoms with van der Waals surface area (Å²) in [4.78, 5) is -0.228. The molecule has 2 rings (SSSR count). The molecule has 54 heavy (non-hydrogen) atoms. The van der Waals surface area contributed by atoms with Crippen molar-refractivity contribution in [1.29, 1.82) is 0 Å². The molecule has 2 aromatic carbocycles. The third-order valence-corrected chi connectivity index (χ3v) is 11.3. The largest absolute Gasteiger partial charge is 1.00 e. The van der Waals surface area contributed by atoms with Gasteiger partial charge >= 0.3 is 29.6 Å². The summed E-state index contributed by atoms with van der Waals surface area (Å²) in [5.41, 5.74) is 1.59. The molecule has 10 heteroatoms. The van der Waals surface area contributed by atoms with Crippen molar-refractivity contribution >= 4 is 20.2 Å². The van der Waals surface area contributed by atoms with Crippen LogP contribution in [0.15, 0.2) is 58.3 Å². The molecule has 0 N–H and O–H groups in total. The Hall–Kier alpha value is -0.780. The standard InChI is InChI=1S/C19H42N.C18H30O3S.C7H8O3S.Na/c1-5-6-7-8-9-10-11-12-13-14-15-16-17-18-19-20(2,3)4;1-2-3-4-5-6-7-8-9-10-11-14-17-15-12-13-16-18(17)22(19,20)21;1-6-2-4-7(5-3-6)11(8,9)10;/h5-19H2,1-4H3;12-13,15-16H,2-11,14H2,1H3,(H,19,20,21);2-5H,1H3,(H,8,9,10);/q+1;;;+1/p-2. The second-order valence-corrected chi connectivity index (χ2v) is 18.6. The van der Waals surface area contributed by atoms with Crippen molar-refractivity contribution in [2.75, 3.05) is 27.7 Å². The summed E-state index contributed by atoms with van der Waals surface area (Å²) in [6, 6.07) is 12.3. The number of quaternary nitrogens is 1. The van der Waals surface area contributed by atoms with Crippen LogP contribution in [0.4, 0.5) is 0 Å². The quantitative estimate of drug-likeness (QED) is 0.0367. The molecule has 0 spiro atoms. The van der Waals surface area contributed by atoms with Crippen molar-refractivity contribution in [2.45, 2.75) is 191 Å². The second-order valence-electron chi connectivity index (χ2n) is 15.9. The van der Waals surface area contributed by atoms with Crippen LogP contribution in [0.25, 0.3) is 0 Å². The van der Waals surface area contributed by atoms with Gasteiger partial charge in [-0.15, -0.1) is 0 Å². The summed E-state index contributed by atoms with van der Waals surface area (Å²) >= 11 is 0.